The molecule has 0 aromatic heterocycles. The molecule has 0 heterocycles. The number of methoxy groups -OCH3 is 2. The van der Waals surface area contributed by atoms with Gasteiger partial charge in [0.05, 0.1) is 14.2 Å². The third kappa shape index (κ3) is 6.35. The van der Waals surface area contributed by atoms with Crippen molar-refractivity contribution < 1.29 is 9.47 Å². The molecule has 14 heavy (non-hydrogen) atoms. The summed E-state index contributed by atoms with van der Waals surface area (Å²) in [6, 6.07) is 0. The van der Waals surface area contributed by atoms with Crippen molar-refractivity contribution in [2.24, 2.45) is 0 Å². The molecule has 0 rings (SSSR count). The molecule has 0 aliphatic heterocycles. The first-order chi connectivity index (χ1) is 6.65. The van der Waals surface area contributed by atoms with Crippen LogP contribution in [0.5, 0.6) is 0 Å². The highest BCUT2D eigenvalue weighted by Crippen LogP contribution is 2.12. The molecule has 2 nitrogen and oxygen atoms in total. The van der Waals surface area contributed by atoms with E-state index in [-0.39, 0.29) is 0 Å². The predicted molar refractivity (Wildman–Crippen MR) is 62.0 cm³/mol. The van der Waals surface area contributed by atoms with Crippen LogP contribution in [-0.2, 0) is 9.47 Å². The van der Waals surface area contributed by atoms with Crippen LogP contribution in [0.3, 0.4) is 0 Å². The molecule has 0 bridgehead atoms. The second-order valence-electron chi connectivity index (χ2n) is 2.42. The summed E-state index contributed by atoms with van der Waals surface area (Å²) in [6.07, 6.45) is 3.68. The predicted octanol–water partition coefficient (Wildman–Crippen LogP) is 3.67. The lowest BCUT2D eigenvalue weighted by Crippen LogP contribution is -1.95. The van der Waals surface area contributed by atoms with Gasteiger partial charge in [-0.2, -0.15) is 0 Å². The summed E-state index contributed by atoms with van der Waals surface area (Å²) in [7, 11) is 3.22. The number of ether oxygens (including phenoxy) is 2. The molecule has 0 radical (unpaired) electrons. The average Bonchev–Trinajstić information content (AvgIpc) is 2.20. The zero-order chi connectivity index (χ0) is 11.6. The van der Waals surface area contributed by atoms with Crippen molar-refractivity contribution in [2.45, 2.75) is 27.7 Å². The summed E-state index contributed by atoms with van der Waals surface area (Å²) in [5, 5.41) is 0. The average molecular weight is 198 g/mol. The molecule has 2 heteroatoms. The van der Waals surface area contributed by atoms with Gasteiger partial charge in [-0.05, 0) is 26.0 Å². The quantitative estimate of drug-likeness (QED) is 0.507. The fraction of sp³-hybridized carbons (Fsp3) is 0.500. The maximum atomic E-state index is 5.11. The summed E-state index contributed by atoms with van der Waals surface area (Å²) in [6.45, 7) is 11.6. The lowest BCUT2D eigenvalue weighted by Gasteiger charge is -2.08. The normalized spacial score (nSPS) is 11.3. The van der Waals surface area contributed by atoms with Crippen LogP contribution in [0.4, 0.5) is 0 Å². The van der Waals surface area contributed by atoms with E-state index in [9.17, 15) is 0 Å². The topological polar surface area (TPSA) is 18.5 Å². The Morgan fingerprint density at radius 2 is 1.50 bits per heavy atom. The van der Waals surface area contributed by atoms with Crippen LogP contribution >= 0.6 is 0 Å². The van der Waals surface area contributed by atoms with Crippen molar-refractivity contribution in [1.82, 2.24) is 0 Å². The Bertz CT molecular complexity index is 212. The van der Waals surface area contributed by atoms with Gasteiger partial charge in [-0.15, -0.1) is 0 Å². The summed E-state index contributed by atoms with van der Waals surface area (Å²) in [5.41, 5.74) is 0.934. The number of allylic oxidation sites excluding steroid dienone is 3. The van der Waals surface area contributed by atoms with Crippen LogP contribution in [0.2, 0.25) is 0 Å². The highest BCUT2D eigenvalue weighted by molar-refractivity contribution is 5.27. The molecule has 0 unspecified atom stereocenters. The van der Waals surface area contributed by atoms with E-state index in [2.05, 4.69) is 6.58 Å². The van der Waals surface area contributed by atoms with Crippen LogP contribution in [0, 0.1) is 0 Å². The molecule has 0 aliphatic carbocycles. The molecule has 0 N–H and O–H groups in total. The first-order valence-electron chi connectivity index (χ1n) is 4.77. The number of rotatable bonds is 4. The largest absolute Gasteiger partial charge is 0.493 e. The van der Waals surface area contributed by atoms with Crippen molar-refractivity contribution >= 4 is 0 Å². The fourth-order valence-electron chi connectivity index (χ4n) is 0.815. The second-order valence-corrected chi connectivity index (χ2v) is 2.42. The number of hydrogen-bond acceptors (Lipinski definition) is 2. The van der Waals surface area contributed by atoms with Crippen LogP contribution in [0.15, 0.2) is 35.8 Å². The zero-order valence-electron chi connectivity index (χ0n) is 10.2. The Balaban J connectivity index is 0. The first kappa shape index (κ1) is 15.3. The van der Waals surface area contributed by atoms with Gasteiger partial charge in [0.1, 0.15) is 0 Å². The molecule has 0 atom stereocenters. The monoisotopic (exact) mass is 198 g/mol. The lowest BCUT2D eigenvalue weighted by atomic mass is 10.2. The highest BCUT2D eigenvalue weighted by atomic mass is 16.5. The Kier molecular flexibility index (Phi) is 10.8. The minimum absolute atomic E-state index is 0.701. The highest BCUT2D eigenvalue weighted by Gasteiger charge is 2.02. The molecule has 0 aromatic rings. The van der Waals surface area contributed by atoms with E-state index in [0.29, 0.717) is 5.76 Å². The van der Waals surface area contributed by atoms with E-state index in [1.54, 1.807) is 14.2 Å². The fourth-order valence-corrected chi connectivity index (χ4v) is 0.815. The smallest absolute Gasteiger partial charge is 0.160 e. The third-order valence-corrected chi connectivity index (χ3v) is 1.32. The van der Waals surface area contributed by atoms with Gasteiger partial charge in [0.25, 0.3) is 0 Å². The van der Waals surface area contributed by atoms with Crippen molar-refractivity contribution in [3.05, 3.63) is 35.8 Å². The molecular weight excluding hydrogens is 176 g/mol. The van der Waals surface area contributed by atoms with Crippen molar-refractivity contribution in [1.29, 1.82) is 0 Å². The van der Waals surface area contributed by atoms with Gasteiger partial charge in [-0.3, -0.25) is 0 Å². The van der Waals surface area contributed by atoms with Crippen molar-refractivity contribution in [3.8, 4) is 0 Å². The summed E-state index contributed by atoms with van der Waals surface area (Å²) in [5.74, 6) is 1.42. The van der Waals surface area contributed by atoms with Gasteiger partial charge in [-0.1, -0.05) is 26.0 Å². The molecule has 0 spiro atoms. The van der Waals surface area contributed by atoms with Gasteiger partial charge in [0.15, 0.2) is 11.5 Å². The standard InChI is InChI=1S/C10H16O2.C2H6/c1-6-9(11-4)10(12-5)7-8(2)3;1-2/h6-7H,2H2,1,3-5H3;1-2H3/b9-6+,10-7+;. The molecular formula is C12H22O2. The molecule has 82 valence electrons. The van der Waals surface area contributed by atoms with E-state index >= 15 is 0 Å². The first-order valence-corrected chi connectivity index (χ1v) is 4.77. The Hall–Kier alpha value is -1.18. The summed E-state index contributed by atoms with van der Waals surface area (Å²) in [4.78, 5) is 0. The maximum absolute atomic E-state index is 5.11. The van der Waals surface area contributed by atoms with E-state index in [1.165, 1.54) is 0 Å². The SMILES string of the molecule is C=C(C)/C=C(OC)\C(=C/C)OC.CC. The van der Waals surface area contributed by atoms with E-state index < -0.39 is 0 Å². The van der Waals surface area contributed by atoms with Crippen molar-refractivity contribution in [2.75, 3.05) is 14.2 Å². The Morgan fingerprint density at radius 1 is 1.07 bits per heavy atom. The minimum atomic E-state index is 0.701. The van der Waals surface area contributed by atoms with Gasteiger partial charge in [0.2, 0.25) is 0 Å². The molecule has 0 fully saturated rings. The van der Waals surface area contributed by atoms with E-state index in [0.717, 1.165) is 11.3 Å². The van der Waals surface area contributed by atoms with Gasteiger partial charge < -0.3 is 9.47 Å². The van der Waals surface area contributed by atoms with Crippen molar-refractivity contribution in [3.63, 3.8) is 0 Å². The van der Waals surface area contributed by atoms with Gasteiger partial charge >= 0.3 is 0 Å². The summed E-state index contributed by atoms with van der Waals surface area (Å²) < 4.78 is 10.2. The second kappa shape index (κ2) is 9.90. The number of hydrogen-bond donors (Lipinski definition) is 0. The van der Waals surface area contributed by atoms with Crippen LogP contribution in [0.25, 0.3) is 0 Å². The molecule has 0 saturated heterocycles. The Morgan fingerprint density at radius 3 is 1.71 bits per heavy atom. The molecule has 0 aromatic carbocycles. The maximum Gasteiger partial charge on any atom is 0.160 e. The molecule has 0 aliphatic rings. The van der Waals surface area contributed by atoms with E-state index in [1.807, 2.05) is 39.8 Å². The van der Waals surface area contributed by atoms with Crippen LogP contribution < -0.4 is 0 Å². The minimum Gasteiger partial charge on any atom is -0.493 e. The van der Waals surface area contributed by atoms with Gasteiger partial charge in [0, 0.05) is 0 Å². The summed E-state index contributed by atoms with van der Waals surface area (Å²) >= 11 is 0. The zero-order valence-corrected chi connectivity index (χ0v) is 10.2. The van der Waals surface area contributed by atoms with Crippen LogP contribution in [-0.4, -0.2) is 14.2 Å². The lowest BCUT2D eigenvalue weighted by molar-refractivity contribution is 0.219. The molecule has 0 amide bonds. The van der Waals surface area contributed by atoms with E-state index in [4.69, 9.17) is 9.47 Å². The third-order valence-electron chi connectivity index (χ3n) is 1.32. The molecule has 0 saturated carbocycles. The Labute approximate surface area is 87.9 Å². The van der Waals surface area contributed by atoms with Crippen LogP contribution in [0.1, 0.15) is 27.7 Å². The van der Waals surface area contributed by atoms with Gasteiger partial charge in [-0.25, -0.2) is 0 Å².